The molecule has 0 fully saturated rings. The number of rotatable bonds is 9. The zero-order valence-electron chi connectivity index (χ0n) is 11.6. The van der Waals surface area contributed by atoms with Crippen molar-refractivity contribution in [2.45, 2.75) is 25.8 Å². The molecule has 1 aromatic rings. The Morgan fingerprint density at radius 2 is 1.95 bits per heavy atom. The average molecular weight is 297 g/mol. The van der Waals surface area contributed by atoms with Crippen LogP contribution in [0.2, 0.25) is 0 Å². The van der Waals surface area contributed by atoms with E-state index in [9.17, 15) is 14.4 Å². The van der Waals surface area contributed by atoms with E-state index in [1.54, 1.807) is 12.1 Å². The topological polar surface area (TPSA) is 121 Å². The monoisotopic (exact) mass is 297 g/mol. The summed E-state index contributed by atoms with van der Waals surface area (Å²) >= 11 is 0. The van der Waals surface area contributed by atoms with E-state index in [1.807, 2.05) is 0 Å². The first-order valence-electron chi connectivity index (χ1n) is 6.60. The number of nitrogens with one attached hydrogen (secondary N) is 3. The van der Waals surface area contributed by atoms with Gasteiger partial charge in [-0.3, -0.25) is 9.59 Å². The molecule has 0 radical (unpaired) electrons. The van der Waals surface area contributed by atoms with E-state index in [-0.39, 0.29) is 25.4 Å². The quantitative estimate of drug-likeness (QED) is 0.493. The van der Waals surface area contributed by atoms with E-state index in [2.05, 4.69) is 16.0 Å². The van der Waals surface area contributed by atoms with Crippen LogP contribution in [0.3, 0.4) is 0 Å². The SMILES string of the molecule is O=C(O)CCCCNC(=O)CNC(=O)NCc1ccco1. The summed E-state index contributed by atoms with van der Waals surface area (Å²) in [5, 5.41) is 16.0. The largest absolute Gasteiger partial charge is 0.481 e. The Morgan fingerprint density at radius 3 is 2.62 bits per heavy atom. The maximum atomic E-state index is 11.4. The highest BCUT2D eigenvalue weighted by Gasteiger charge is 2.05. The van der Waals surface area contributed by atoms with Crippen LogP contribution in [-0.2, 0) is 16.1 Å². The molecule has 0 aromatic carbocycles. The molecule has 0 atom stereocenters. The van der Waals surface area contributed by atoms with Gasteiger partial charge in [0.15, 0.2) is 0 Å². The van der Waals surface area contributed by atoms with Crippen molar-refractivity contribution in [2.24, 2.45) is 0 Å². The van der Waals surface area contributed by atoms with Crippen molar-refractivity contribution in [2.75, 3.05) is 13.1 Å². The molecule has 21 heavy (non-hydrogen) atoms. The number of aliphatic carboxylic acids is 1. The highest BCUT2D eigenvalue weighted by molar-refractivity contribution is 5.83. The molecule has 3 amide bonds. The van der Waals surface area contributed by atoms with Crippen LogP contribution in [0, 0.1) is 0 Å². The van der Waals surface area contributed by atoms with Crippen molar-refractivity contribution in [1.29, 1.82) is 0 Å². The molecular weight excluding hydrogens is 278 g/mol. The van der Waals surface area contributed by atoms with Crippen LogP contribution in [0.15, 0.2) is 22.8 Å². The summed E-state index contributed by atoms with van der Waals surface area (Å²) in [5.74, 6) is -0.553. The van der Waals surface area contributed by atoms with Gasteiger partial charge >= 0.3 is 12.0 Å². The minimum Gasteiger partial charge on any atom is -0.481 e. The van der Waals surface area contributed by atoms with Gasteiger partial charge in [-0.15, -0.1) is 0 Å². The van der Waals surface area contributed by atoms with E-state index < -0.39 is 12.0 Å². The summed E-state index contributed by atoms with van der Waals surface area (Å²) in [7, 11) is 0. The van der Waals surface area contributed by atoms with Gasteiger partial charge in [0, 0.05) is 13.0 Å². The van der Waals surface area contributed by atoms with Gasteiger partial charge in [-0.25, -0.2) is 4.79 Å². The number of unbranched alkanes of at least 4 members (excludes halogenated alkanes) is 1. The molecule has 0 aliphatic rings. The second-order valence-electron chi connectivity index (χ2n) is 4.32. The van der Waals surface area contributed by atoms with Crippen LogP contribution in [0.25, 0.3) is 0 Å². The average Bonchev–Trinajstić information content (AvgIpc) is 2.95. The van der Waals surface area contributed by atoms with Crippen LogP contribution in [0.5, 0.6) is 0 Å². The normalized spacial score (nSPS) is 9.90. The van der Waals surface area contributed by atoms with Gasteiger partial charge in [-0.2, -0.15) is 0 Å². The standard InChI is InChI=1S/C13H19N3O5/c17-11(14-6-2-1-5-12(18)19)9-16-13(20)15-8-10-4-3-7-21-10/h3-4,7H,1-2,5-6,8-9H2,(H,14,17)(H,18,19)(H2,15,16,20). The second-order valence-corrected chi connectivity index (χ2v) is 4.32. The number of hydrogen-bond donors (Lipinski definition) is 4. The Labute approximate surface area is 121 Å². The highest BCUT2D eigenvalue weighted by atomic mass is 16.4. The third kappa shape index (κ3) is 8.30. The lowest BCUT2D eigenvalue weighted by atomic mass is 10.2. The fourth-order valence-corrected chi connectivity index (χ4v) is 1.50. The Kier molecular flexibility index (Phi) is 7.41. The summed E-state index contributed by atoms with van der Waals surface area (Å²) in [4.78, 5) is 33.0. The second kappa shape index (κ2) is 9.40. The molecule has 0 spiro atoms. The van der Waals surface area contributed by atoms with Crippen molar-refractivity contribution >= 4 is 17.9 Å². The maximum Gasteiger partial charge on any atom is 0.315 e. The molecule has 8 heteroatoms. The van der Waals surface area contributed by atoms with Crippen molar-refractivity contribution in [3.8, 4) is 0 Å². The lowest BCUT2D eigenvalue weighted by Gasteiger charge is -2.07. The molecule has 0 saturated carbocycles. The Hall–Kier alpha value is -2.51. The van der Waals surface area contributed by atoms with E-state index in [0.29, 0.717) is 25.1 Å². The van der Waals surface area contributed by atoms with E-state index in [4.69, 9.17) is 9.52 Å². The van der Waals surface area contributed by atoms with Crippen molar-refractivity contribution in [3.63, 3.8) is 0 Å². The van der Waals surface area contributed by atoms with Gasteiger partial charge in [0.1, 0.15) is 5.76 Å². The van der Waals surface area contributed by atoms with Gasteiger partial charge in [-0.05, 0) is 25.0 Å². The van der Waals surface area contributed by atoms with E-state index >= 15 is 0 Å². The van der Waals surface area contributed by atoms with Crippen LogP contribution >= 0.6 is 0 Å². The van der Waals surface area contributed by atoms with Crippen molar-refractivity contribution < 1.29 is 23.9 Å². The fourth-order valence-electron chi connectivity index (χ4n) is 1.50. The Balaban J connectivity index is 2.01. The molecule has 8 nitrogen and oxygen atoms in total. The van der Waals surface area contributed by atoms with Gasteiger partial charge in [0.05, 0.1) is 19.4 Å². The minimum atomic E-state index is -0.851. The summed E-state index contributed by atoms with van der Waals surface area (Å²) in [6.45, 7) is 0.500. The smallest absolute Gasteiger partial charge is 0.315 e. The first-order valence-corrected chi connectivity index (χ1v) is 6.60. The van der Waals surface area contributed by atoms with Crippen LogP contribution in [-0.4, -0.2) is 36.1 Å². The number of urea groups is 1. The van der Waals surface area contributed by atoms with Gasteiger partial charge in [0.25, 0.3) is 0 Å². The molecular formula is C13H19N3O5. The number of hydrogen-bond acceptors (Lipinski definition) is 4. The number of carboxylic acid groups (broad SMARTS) is 1. The van der Waals surface area contributed by atoms with Crippen molar-refractivity contribution in [3.05, 3.63) is 24.2 Å². The number of furan rings is 1. The third-order valence-electron chi connectivity index (χ3n) is 2.55. The van der Waals surface area contributed by atoms with Gasteiger partial charge in [-0.1, -0.05) is 0 Å². The van der Waals surface area contributed by atoms with Crippen LogP contribution in [0.4, 0.5) is 4.79 Å². The molecule has 1 heterocycles. The Bertz CT molecular complexity index is 458. The van der Waals surface area contributed by atoms with Crippen LogP contribution in [0.1, 0.15) is 25.0 Å². The predicted molar refractivity (Wildman–Crippen MR) is 73.4 cm³/mol. The molecule has 0 unspecified atom stereocenters. The van der Waals surface area contributed by atoms with Gasteiger partial charge < -0.3 is 25.5 Å². The highest BCUT2D eigenvalue weighted by Crippen LogP contribution is 1.97. The number of carbonyl (C=O) groups excluding carboxylic acids is 2. The van der Waals surface area contributed by atoms with E-state index in [0.717, 1.165) is 0 Å². The summed E-state index contributed by atoms with van der Waals surface area (Å²) in [6, 6.07) is 2.98. The zero-order valence-corrected chi connectivity index (χ0v) is 11.6. The number of carbonyl (C=O) groups is 3. The summed E-state index contributed by atoms with van der Waals surface area (Å²) < 4.78 is 5.04. The third-order valence-corrected chi connectivity index (χ3v) is 2.55. The molecule has 0 saturated heterocycles. The number of carboxylic acids is 1. The van der Waals surface area contributed by atoms with Crippen LogP contribution < -0.4 is 16.0 Å². The molecule has 0 bridgehead atoms. The molecule has 116 valence electrons. The van der Waals surface area contributed by atoms with Crippen molar-refractivity contribution in [1.82, 2.24) is 16.0 Å². The van der Waals surface area contributed by atoms with Gasteiger partial charge in [0.2, 0.25) is 5.91 Å². The summed E-state index contributed by atoms with van der Waals surface area (Å²) in [5.41, 5.74) is 0. The first kappa shape index (κ1) is 16.5. The minimum absolute atomic E-state index is 0.0866. The fraction of sp³-hybridized carbons (Fsp3) is 0.462. The predicted octanol–water partition coefficient (Wildman–Crippen LogP) is 0.450. The Morgan fingerprint density at radius 1 is 1.14 bits per heavy atom. The lowest BCUT2D eigenvalue weighted by Crippen LogP contribution is -2.41. The lowest BCUT2D eigenvalue weighted by molar-refractivity contribution is -0.137. The molecule has 1 rings (SSSR count). The maximum absolute atomic E-state index is 11.4. The number of amides is 3. The molecule has 0 aliphatic heterocycles. The van der Waals surface area contributed by atoms with E-state index in [1.165, 1.54) is 6.26 Å². The molecule has 4 N–H and O–H groups in total. The summed E-state index contributed by atoms with van der Waals surface area (Å²) in [6.07, 6.45) is 2.69. The molecule has 0 aliphatic carbocycles. The molecule has 1 aromatic heterocycles. The zero-order chi connectivity index (χ0) is 15.5. The first-order chi connectivity index (χ1) is 10.1.